The second-order valence-corrected chi connectivity index (χ2v) is 4.85. The summed E-state index contributed by atoms with van der Waals surface area (Å²) in [6.07, 6.45) is 1.96. The van der Waals surface area contributed by atoms with Crippen molar-refractivity contribution in [2.45, 2.75) is 26.3 Å². The maximum absolute atomic E-state index is 11.4. The summed E-state index contributed by atoms with van der Waals surface area (Å²) in [5.41, 5.74) is 8.37. The van der Waals surface area contributed by atoms with Crippen LogP contribution in [0, 0.1) is 0 Å². The van der Waals surface area contributed by atoms with Gasteiger partial charge in [-0.25, -0.2) is 0 Å². The van der Waals surface area contributed by atoms with Gasteiger partial charge in [-0.05, 0) is 36.6 Å². The van der Waals surface area contributed by atoms with Crippen LogP contribution in [-0.2, 0) is 19.4 Å². The van der Waals surface area contributed by atoms with E-state index in [0.717, 1.165) is 25.9 Å². The van der Waals surface area contributed by atoms with Crippen molar-refractivity contribution >= 4 is 5.69 Å². The van der Waals surface area contributed by atoms with E-state index in [9.17, 15) is 9.59 Å². The SMILES string of the molecule is CCc1ccc2c(c1)CN(c1cc(=O)c1=O)CC2.CN. The molecule has 0 aromatic heterocycles. The number of aryl methyl sites for hydroxylation is 1. The fourth-order valence-corrected chi connectivity index (χ4v) is 2.57. The lowest BCUT2D eigenvalue weighted by molar-refractivity contribution is 0.724. The molecule has 0 bridgehead atoms. The van der Waals surface area contributed by atoms with Gasteiger partial charge in [0.1, 0.15) is 0 Å². The van der Waals surface area contributed by atoms with Crippen LogP contribution in [0.3, 0.4) is 0 Å². The highest BCUT2D eigenvalue weighted by Gasteiger charge is 2.21. The van der Waals surface area contributed by atoms with E-state index in [0.29, 0.717) is 5.69 Å². The second-order valence-electron chi connectivity index (χ2n) is 4.85. The fourth-order valence-electron chi connectivity index (χ4n) is 2.57. The summed E-state index contributed by atoms with van der Waals surface area (Å²) >= 11 is 0. The molecule has 1 aliphatic heterocycles. The van der Waals surface area contributed by atoms with Gasteiger partial charge in [-0.2, -0.15) is 0 Å². The van der Waals surface area contributed by atoms with Crippen molar-refractivity contribution in [1.82, 2.24) is 0 Å². The molecule has 1 heterocycles. The van der Waals surface area contributed by atoms with Gasteiger partial charge in [0.15, 0.2) is 0 Å². The number of hydrogen-bond donors (Lipinski definition) is 1. The molecule has 0 spiro atoms. The quantitative estimate of drug-likeness (QED) is 0.828. The van der Waals surface area contributed by atoms with Gasteiger partial charge >= 0.3 is 0 Å². The maximum atomic E-state index is 11.4. The number of rotatable bonds is 2. The minimum absolute atomic E-state index is 0.329. The van der Waals surface area contributed by atoms with Crippen LogP contribution in [0.15, 0.2) is 33.9 Å². The number of anilines is 1. The molecule has 0 aliphatic carbocycles. The summed E-state index contributed by atoms with van der Waals surface area (Å²) < 4.78 is 0. The zero-order valence-electron chi connectivity index (χ0n) is 12.0. The lowest BCUT2D eigenvalue weighted by Crippen LogP contribution is -2.41. The van der Waals surface area contributed by atoms with Gasteiger partial charge in [-0.1, -0.05) is 25.1 Å². The Morgan fingerprint density at radius 1 is 1.15 bits per heavy atom. The summed E-state index contributed by atoms with van der Waals surface area (Å²) in [4.78, 5) is 24.4. The Labute approximate surface area is 118 Å². The van der Waals surface area contributed by atoms with Crippen LogP contribution in [0.2, 0.25) is 0 Å². The summed E-state index contributed by atoms with van der Waals surface area (Å²) in [6.45, 7) is 3.70. The van der Waals surface area contributed by atoms with Crippen LogP contribution in [0.25, 0.3) is 0 Å². The number of nitrogens with zero attached hydrogens (tertiary/aromatic N) is 1. The molecule has 4 nitrogen and oxygen atoms in total. The lowest BCUT2D eigenvalue weighted by Gasteiger charge is -2.31. The molecule has 0 atom stereocenters. The number of hydrogen-bond acceptors (Lipinski definition) is 4. The molecule has 4 heteroatoms. The highest BCUT2D eigenvalue weighted by Crippen LogP contribution is 2.23. The normalized spacial score (nSPS) is 13.7. The average molecular weight is 272 g/mol. The molecule has 0 fully saturated rings. The Morgan fingerprint density at radius 2 is 1.90 bits per heavy atom. The largest absolute Gasteiger partial charge is 0.363 e. The topological polar surface area (TPSA) is 63.4 Å². The van der Waals surface area contributed by atoms with E-state index in [2.05, 4.69) is 30.9 Å². The standard InChI is InChI=1S/C15H15NO2.CH5N/c1-2-10-3-4-11-5-6-16(9-12(11)7-10)13-8-14(17)15(13)18;1-2/h3-4,7-8H,2,5-6,9H2,1H3;2H2,1H3. The van der Waals surface area contributed by atoms with E-state index >= 15 is 0 Å². The first-order chi connectivity index (χ1) is 9.69. The van der Waals surface area contributed by atoms with E-state index in [1.54, 1.807) is 0 Å². The molecule has 106 valence electrons. The smallest absolute Gasteiger partial charge is 0.249 e. The highest BCUT2D eigenvalue weighted by molar-refractivity contribution is 5.53. The molecular weight excluding hydrogens is 252 g/mol. The lowest BCUT2D eigenvalue weighted by atomic mass is 9.96. The van der Waals surface area contributed by atoms with Crippen molar-refractivity contribution in [3.8, 4) is 0 Å². The van der Waals surface area contributed by atoms with Gasteiger partial charge in [0.2, 0.25) is 10.9 Å². The predicted molar refractivity (Wildman–Crippen MR) is 82.0 cm³/mol. The summed E-state index contributed by atoms with van der Waals surface area (Å²) in [5.74, 6) is 0. The molecule has 0 amide bonds. The fraction of sp³-hybridized carbons (Fsp3) is 0.375. The molecular formula is C16H20N2O2. The summed E-state index contributed by atoms with van der Waals surface area (Å²) in [7, 11) is 1.50. The van der Waals surface area contributed by atoms with Crippen molar-refractivity contribution in [2.24, 2.45) is 5.73 Å². The zero-order valence-corrected chi connectivity index (χ0v) is 12.0. The first-order valence-corrected chi connectivity index (χ1v) is 6.92. The van der Waals surface area contributed by atoms with Crippen molar-refractivity contribution < 1.29 is 0 Å². The van der Waals surface area contributed by atoms with Crippen LogP contribution in [0.5, 0.6) is 0 Å². The highest BCUT2D eigenvalue weighted by atomic mass is 16.2. The third-order valence-electron chi connectivity index (χ3n) is 3.76. The van der Waals surface area contributed by atoms with Crippen molar-refractivity contribution in [2.75, 3.05) is 18.5 Å². The molecule has 20 heavy (non-hydrogen) atoms. The number of fused-ring (bicyclic) bond motifs is 1. The third kappa shape index (κ3) is 2.51. The second kappa shape index (κ2) is 6.01. The maximum Gasteiger partial charge on any atom is 0.249 e. The number of benzene rings is 1. The molecule has 0 unspecified atom stereocenters. The van der Waals surface area contributed by atoms with Crippen molar-refractivity contribution in [3.63, 3.8) is 0 Å². The molecule has 2 aromatic carbocycles. The van der Waals surface area contributed by atoms with E-state index < -0.39 is 0 Å². The molecule has 0 saturated heterocycles. The molecule has 1 aliphatic rings. The van der Waals surface area contributed by atoms with Crippen LogP contribution >= 0.6 is 0 Å². The minimum Gasteiger partial charge on any atom is -0.363 e. The summed E-state index contributed by atoms with van der Waals surface area (Å²) in [5, 5.41) is 0. The summed E-state index contributed by atoms with van der Waals surface area (Å²) in [6, 6.07) is 8.03. The Balaban J connectivity index is 0.000000704. The molecule has 0 saturated carbocycles. The molecule has 2 N–H and O–H groups in total. The minimum atomic E-state index is -0.363. The van der Waals surface area contributed by atoms with E-state index in [-0.39, 0.29) is 10.9 Å². The Hall–Kier alpha value is -1.94. The number of nitrogens with two attached hydrogens (primary N) is 1. The van der Waals surface area contributed by atoms with E-state index in [1.807, 2.05) is 4.90 Å². The molecule has 0 radical (unpaired) electrons. The Bertz CT molecular complexity index is 669. The van der Waals surface area contributed by atoms with Gasteiger partial charge in [-0.3, -0.25) is 9.59 Å². The van der Waals surface area contributed by atoms with Crippen LogP contribution in [0.4, 0.5) is 5.69 Å². The van der Waals surface area contributed by atoms with Gasteiger partial charge < -0.3 is 10.6 Å². The zero-order chi connectivity index (χ0) is 14.7. The van der Waals surface area contributed by atoms with E-state index in [4.69, 9.17) is 0 Å². The van der Waals surface area contributed by atoms with Gasteiger partial charge in [0.25, 0.3) is 0 Å². The predicted octanol–water partition coefficient (Wildman–Crippen LogP) is 0.983. The first kappa shape index (κ1) is 14.5. The van der Waals surface area contributed by atoms with Crippen LogP contribution in [-0.4, -0.2) is 13.6 Å². The Morgan fingerprint density at radius 3 is 2.50 bits per heavy atom. The van der Waals surface area contributed by atoms with Crippen molar-refractivity contribution in [1.29, 1.82) is 0 Å². The third-order valence-corrected chi connectivity index (χ3v) is 3.76. The van der Waals surface area contributed by atoms with Gasteiger partial charge in [-0.15, -0.1) is 0 Å². The first-order valence-electron chi connectivity index (χ1n) is 6.92. The Kier molecular flexibility index (Phi) is 4.35. The molecule has 3 rings (SSSR count). The monoisotopic (exact) mass is 272 g/mol. The molecule has 2 aromatic rings. The van der Waals surface area contributed by atoms with Gasteiger partial charge in [0.05, 0.1) is 5.69 Å². The van der Waals surface area contributed by atoms with Crippen molar-refractivity contribution in [3.05, 3.63) is 61.4 Å². The van der Waals surface area contributed by atoms with E-state index in [1.165, 1.54) is 29.8 Å². The average Bonchev–Trinajstić information content (AvgIpc) is 2.53. The van der Waals surface area contributed by atoms with Gasteiger partial charge in [0, 0.05) is 19.2 Å². The van der Waals surface area contributed by atoms with Crippen LogP contribution in [0.1, 0.15) is 23.6 Å². The van der Waals surface area contributed by atoms with Crippen LogP contribution < -0.4 is 21.5 Å².